The third kappa shape index (κ3) is 4.68. The first kappa shape index (κ1) is 20.1. The lowest BCUT2D eigenvalue weighted by molar-refractivity contribution is -0.119. The minimum absolute atomic E-state index is 0. The quantitative estimate of drug-likeness (QED) is 0.841. The minimum atomic E-state index is -0.0159. The molecule has 25 heavy (non-hydrogen) atoms. The molecule has 2 atom stereocenters. The Bertz CT molecular complexity index is 635. The third-order valence-electron chi connectivity index (χ3n) is 4.96. The summed E-state index contributed by atoms with van der Waals surface area (Å²) in [5.74, 6) is 2.04. The van der Waals surface area contributed by atoms with E-state index in [1.807, 2.05) is 41.8 Å². The molecule has 0 bridgehead atoms. The van der Waals surface area contributed by atoms with E-state index >= 15 is 0 Å². The van der Waals surface area contributed by atoms with Crippen molar-refractivity contribution in [2.24, 2.45) is 11.7 Å². The van der Waals surface area contributed by atoms with E-state index in [1.54, 1.807) is 0 Å². The second-order valence-electron chi connectivity index (χ2n) is 6.64. The molecule has 3 N–H and O–H groups in total. The maximum absolute atomic E-state index is 12.7. The summed E-state index contributed by atoms with van der Waals surface area (Å²) in [6, 6.07) is 5.69. The van der Waals surface area contributed by atoms with E-state index in [1.165, 1.54) is 0 Å². The standard InChI is InChI=1S/C18H25N3O2S.ClH/c1-12-15(18(23)21-7-9-24-10-8-21)3-2-4-16(12)20-17(22)13-5-6-14(19)11-13;/h2-4,13-14H,5-11,19H2,1H3,(H,20,22);1H. The zero-order chi connectivity index (χ0) is 17.1. The smallest absolute Gasteiger partial charge is 0.254 e. The van der Waals surface area contributed by atoms with Crippen molar-refractivity contribution in [1.29, 1.82) is 0 Å². The summed E-state index contributed by atoms with van der Waals surface area (Å²) < 4.78 is 0. The molecule has 1 aromatic carbocycles. The Balaban J connectivity index is 0.00000225. The van der Waals surface area contributed by atoms with E-state index in [0.29, 0.717) is 5.56 Å². The molecule has 2 amide bonds. The predicted molar refractivity (Wildman–Crippen MR) is 106 cm³/mol. The summed E-state index contributed by atoms with van der Waals surface area (Å²) in [6.45, 7) is 3.49. The van der Waals surface area contributed by atoms with Crippen molar-refractivity contribution in [2.45, 2.75) is 32.2 Å². The number of nitrogens with zero attached hydrogens (tertiary/aromatic N) is 1. The number of amides is 2. The molecule has 1 heterocycles. The highest BCUT2D eigenvalue weighted by atomic mass is 35.5. The van der Waals surface area contributed by atoms with Crippen molar-refractivity contribution >= 4 is 41.7 Å². The van der Waals surface area contributed by atoms with Crippen LogP contribution < -0.4 is 11.1 Å². The molecule has 1 saturated heterocycles. The summed E-state index contributed by atoms with van der Waals surface area (Å²) >= 11 is 1.88. The fourth-order valence-corrected chi connectivity index (χ4v) is 4.33. The molecule has 5 nitrogen and oxygen atoms in total. The number of thioether (sulfide) groups is 1. The second kappa shape index (κ2) is 8.92. The second-order valence-corrected chi connectivity index (χ2v) is 7.87. The number of anilines is 1. The molecule has 2 unspecified atom stereocenters. The minimum Gasteiger partial charge on any atom is -0.337 e. The van der Waals surface area contributed by atoms with E-state index in [2.05, 4.69) is 5.32 Å². The van der Waals surface area contributed by atoms with Gasteiger partial charge in [-0.2, -0.15) is 11.8 Å². The van der Waals surface area contributed by atoms with Gasteiger partial charge in [-0.3, -0.25) is 9.59 Å². The average molecular weight is 384 g/mol. The van der Waals surface area contributed by atoms with E-state index in [0.717, 1.165) is 55.1 Å². The molecule has 1 aliphatic carbocycles. The van der Waals surface area contributed by atoms with E-state index < -0.39 is 0 Å². The first-order valence-electron chi connectivity index (χ1n) is 8.59. The first-order valence-corrected chi connectivity index (χ1v) is 9.75. The number of carbonyl (C=O) groups is 2. The van der Waals surface area contributed by atoms with Gasteiger partial charge in [-0.25, -0.2) is 0 Å². The van der Waals surface area contributed by atoms with E-state index in [4.69, 9.17) is 5.73 Å². The van der Waals surface area contributed by atoms with Crippen LogP contribution in [0.3, 0.4) is 0 Å². The number of nitrogens with two attached hydrogens (primary N) is 1. The van der Waals surface area contributed by atoms with Gasteiger partial charge in [0.2, 0.25) is 5.91 Å². The molecular formula is C18H26ClN3O2S. The Morgan fingerprint density at radius 3 is 2.60 bits per heavy atom. The number of halogens is 1. The Labute approximate surface area is 159 Å². The zero-order valence-corrected chi connectivity index (χ0v) is 16.1. The van der Waals surface area contributed by atoms with E-state index in [-0.39, 0.29) is 36.2 Å². The summed E-state index contributed by atoms with van der Waals surface area (Å²) in [5, 5.41) is 3.00. The summed E-state index contributed by atoms with van der Waals surface area (Å²) in [6.07, 6.45) is 2.49. The Kier molecular flexibility index (Phi) is 7.16. The van der Waals surface area contributed by atoms with Gasteiger partial charge in [0.1, 0.15) is 0 Å². The highest BCUT2D eigenvalue weighted by Gasteiger charge is 2.28. The van der Waals surface area contributed by atoms with Gasteiger partial charge >= 0.3 is 0 Å². The van der Waals surface area contributed by atoms with Crippen molar-refractivity contribution in [2.75, 3.05) is 29.9 Å². The van der Waals surface area contributed by atoms with Gasteiger partial charge in [-0.1, -0.05) is 6.07 Å². The van der Waals surface area contributed by atoms with Crippen LogP contribution in [0.1, 0.15) is 35.2 Å². The maximum atomic E-state index is 12.7. The third-order valence-corrected chi connectivity index (χ3v) is 5.91. The van der Waals surface area contributed by atoms with Crippen molar-refractivity contribution in [3.8, 4) is 0 Å². The van der Waals surface area contributed by atoms with Crippen molar-refractivity contribution in [3.63, 3.8) is 0 Å². The number of nitrogens with one attached hydrogen (secondary N) is 1. The Morgan fingerprint density at radius 2 is 1.96 bits per heavy atom. The largest absolute Gasteiger partial charge is 0.337 e. The predicted octanol–water partition coefficient (Wildman–Crippen LogP) is 2.67. The first-order chi connectivity index (χ1) is 11.6. The van der Waals surface area contributed by atoms with Crippen LogP contribution in [-0.4, -0.2) is 47.4 Å². The molecule has 0 aromatic heterocycles. The van der Waals surface area contributed by atoms with Crippen molar-refractivity contribution < 1.29 is 9.59 Å². The molecule has 0 spiro atoms. The molecule has 7 heteroatoms. The van der Waals surface area contributed by atoms with Crippen LogP contribution in [0.5, 0.6) is 0 Å². The van der Waals surface area contributed by atoms with Crippen LogP contribution in [0, 0.1) is 12.8 Å². The summed E-state index contributed by atoms with van der Waals surface area (Å²) in [4.78, 5) is 27.1. The summed E-state index contributed by atoms with van der Waals surface area (Å²) in [5.41, 5.74) is 8.16. The van der Waals surface area contributed by atoms with E-state index in [9.17, 15) is 9.59 Å². The fraction of sp³-hybridized carbons (Fsp3) is 0.556. The lowest BCUT2D eigenvalue weighted by atomic mass is 10.0. The van der Waals surface area contributed by atoms with Gasteiger partial charge in [-0.15, -0.1) is 12.4 Å². The van der Waals surface area contributed by atoms with Crippen molar-refractivity contribution in [3.05, 3.63) is 29.3 Å². The molecule has 1 saturated carbocycles. The van der Waals surface area contributed by atoms with Gasteiger partial charge in [0.05, 0.1) is 0 Å². The van der Waals surface area contributed by atoms with Crippen LogP contribution in [0.25, 0.3) is 0 Å². The Hall–Kier alpha value is -1.24. The number of hydrogen-bond donors (Lipinski definition) is 2. The summed E-state index contributed by atoms with van der Waals surface area (Å²) in [7, 11) is 0. The molecule has 138 valence electrons. The van der Waals surface area contributed by atoms with Crippen LogP contribution in [0.2, 0.25) is 0 Å². The van der Waals surface area contributed by atoms with Gasteiger partial charge in [0, 0.05) is 47.8 Å². The van der Waals surface area contributed by atoms with Gasteiger partial charge in [0.15, 0.2) is 0 Å². The molecule has 3 rings (SSSR count). The SMILES string of the molecule is Cc1c(NC(=O)C2CCC(N)C2)cccc1C(=O)N1CCSCC1.Cl. The highest BCUT2D eigenvalue weighted by Crippen LogP contribution is 2.27. The molecule has 1 aromatic rings. The monoisotopic (exact) mass is 383 g/mol. The highest BCUT2D eigenvalue weighted by molar-refractivity contribution is 7.99. The normalized spacial score (nSPS) is 23.0. The lowest BCUT2D eigenvalue weighted by Gasteiger charge is -2.27. The molecule has 1 aliphatic heterocycles. The fourth-order valence-electron chi connectivity index (χ4n) is 3.43. The maximum Gasteiger partial charge on any atom is 0.254 e. The molecule has 2 aliphatic rings. The number of hydrogen-bond acceptors (Lipinski definition) is 4. The topological polar surface area (TPSA) is 75.4 Å². The van der Waals surface area contributed by atoms with Gasteiger partial charge < -0.3 is 16.0 Å². The molecule has 0 radical (unpaired) electrons. The molecule has 2 fully saturated rings. The van der Waals surface area contributed by atoms with Gasteiger partial charge in [0.25, 0.3) is 5.91 Å². The van der Waals surface area contributed by atoms with Crippen molar-refractivity contribution in [1.82, 2.24) is 4.90 Å². The number of benzene rings is 1. The molecular weight excluding hydrogens is 358 g/mol. The zero-order valence-electron chi connectivity index (χ0n) is 14.5. The Morgan fingerprint density at radius 1 is 1.24 bits per heavy atom. The van der Waals surface area contributed by atoms with Crippen LogP contribution in [0.15, 0.2) is 18.2 Å². The lowest BCUT2D eigenvalue weighted by Crippen LogP contribution is -2.38. The van der Waals surface area contributed by atoms with Crippen LogP contribution in [-0.2, 0) is 4.79 Å². The van der Waals surface area contributed by atoms with Crippen LogP contribution in [0.4, 0.5) is 5.69 Å². The number of carbonyl (C=O) groups excluding carboxylic acids is 2. The van der Waals surface area contributed by atoms with Crippen LogP contribution >= 0.6 is 24.2 Å². The average Bonchev–Trinajstić information content (AvgIpc) is 3.03. The van der Waals surface area contributed by atoms with Gasteiger partial charge in [-0.05, 0) is 43.9 Å². The number of rotatable bonds is 3.